The molecule has 294 valence electrons. The van der Waals surface area contributed by atoms with Gasteiger partial charge in [0, 0.05) is 45.3 Å². The second kappa shape index (κ2) is 14.6. The van der Waals surface area contributed by atoms with Crippen molar-refractivity contribution in [3.05, 3.63) is 12.2 Å². The van der Waals surface area contributed by atoms with E-state index in [1.807, 2.05) is 0 Å². The monoisotopic (exact) mass is 733 g/mol. The molecule has 12 heteroatoms. The lowest BCUT2D eigenvalue weighted by Crippen LogP contribution is -2.61. The lowest BCUT2D eigenvalue weighted by atomic mass is 9.78. The Morgan fingerprint density at radius 1 is 0.788 bits per heavy atom. The summed E-state index contributed by atoms with van der Waals surface area (Å²) in [5.41, 5.74) is 7.00. The minimum atomic E-state index is -0.754. The van der Waals surface area contributed by atoms with Crippen LogP contribution < -0.4 is 5.73 Å². The molecule has 0 aromatic rings. The summed E-state index contributed by atoms with van der Waals surface area (Å²) in [4.78, 5) is 0. The molecule has 10 rings (SSSR count). The molecule has 0 aromatic carbocycles. The Hall–Kier alpha value is -0.740. The molecule has 0 aliphatic carbocycles. The van der Waals surface area contributed by atoms with E-state index < -0.39 is 18.0 Å². The Balaban J connectivity index is 0.990. The summed E-state index contributed by atoms with van der Waals surface area (Å²) in [5, 5.41) is 22.4. The van der Waals surface area contributed by atoms with Gasteiger partial charge < -0.3 is 58.6 Å². The minimum absolute atomic E-state index is 0.00688. The van der Waals surface area contributed by atoms with Crippen molar-refractivity contribution in [1.82, 2.24) is 0 Å². The smallest absolute Gasteiger partial charge is 0.172 e. The highest BCUT2D eigenvalue weighted by Gasteiger charge is 2.68. The summed E-state index contributed by atoms with van der Waals surface area (Å²) < 4.78 is 60.5. The highest BCUT2D eigenvalue weighted by molar-refractivity contribution is 5.14. The highest BCUT2D eigenvalue weighted by atomic mass is 16.8. The number of aliphatic hydroxyl groups excluding tert-OH is 2. The van der Waals surface area contributed by atoms with Gasteiger partial charge in [0.25, 0.3) is 0 Å². The van der Waals surface area contributed by atoms with Gasteiger partial charge in [-0.05, 0) is 75.2 Å². The zero-order valence-electron chi connectivity index (χ0n) is 31.3. The first-order chi connectivity index (χ1) is 25.1. The first-order valence-electron chi connectivity index (χ1n) is 20.6. The van der Waals surface area contributed by atoms with Gasteiger partial charge in [-0.25, -0.2) is 0 Å². The number of ether oxygens (including phenoxy) is 9. The maximum Gasteiger partial charge on any atom is 0.172 e. The first-order valence-corrected chi connectivity index (χ1v) is 20.6. The molecule has 10 aliphatic rings. The fourth-order valence-corrected chi connectivity index (χ4v) is 11.7. The number of rotatable bonds is 4. The Morgan fingerprint density at radius 3 is 2.38 bits per heavy atom. The predicted octanol–water partition coefficient (Wildman–Crippen LogP) is 3.31. The van der Waals surface area contributed by atoms with Gasteiger partial charge in [-0.15, -0.1) is 0 Å². The van der Waals surface area contributed by atoms with Crippen LogP contribution in [0, 0.1) is 17.8 Å². The molecule has 0 amide bonds. The van der Waals surface area contributed by atoms with Crippen molar-refractivity contribution in [2.75, 3.05) is 13.7 Å². The summed E-state index contributed by atoms with van der Waals surface area (Å²) in [7, 11) is 1.71. The third-order valence-electron chi connectivity index (χ3n) is 14.6. The number of fused-ring (bicyclic) bond motifs is 6. The van der Waals surface area contributed by atoms with Crippen LogP contribution in [0.2, 0.25) is 0 Å². The molecule has 21 atom stereocenters. The van der Waals surface area contributed by atoms with Crippen molar-refractivity contribution in [3.8, 4) is 0 Å². The molecule has 10 aliphatic heterocycles. The molecular formula is C40H63NO11. The van der Waals surface area contributed by atoms with Crippen molar-refractivity contribution in [1.29, 1.82) is 0 Å². The van der Waals surface area contributed by atoms with Crippen LogP contribution in [0.1, 0.15) is 97.3 Å². The van der Waals surface area contributed by atoms with Crippen molar-refractivity contribution in [2.24, 2.45) is 23.5 Å². The van der Waals surface area contributed by atoms with Crippen LogP contribution in [0.15, 0.2) is 12.2 Å². The minimum Gasteiger partial charge on any atom is -0.393 e. The third-order valence-corrected chi connectivity index (χ3v) is 14.6. The SMILES string of the molecule is C=C1CC2CCC34CC5OC6C(OC7CCC(CC(O)CC8C(CC9OC(CCC1O2)CC(C)C9C)OC(CC(O)CN)C8OC)OC7C6O3)C5O4. The van der Waals surface area contributed by atoms with E-state index in [1.165, 1.54) is 0 Å². The van der Waals surface area contributed by atoms with Gasteiger partial charge in [0.05, 0.1) is 73.2 Å². The van der Waals surface area contributed by atoms with Gasteiger partial charge in [0.1, 0.15) is 30.5 Å². The van der Waals surface area contributed by atoms with E-state index in [9.17, 15) is 10.2 Å². The molecule has 0 saturated carbocycles. The fraction of sp³-hybridized carbons (Fsp3) is 0.950. The van der Waals surface area contributed by atoms with Crippen LogP contribution in [0.5, 0.6) is 0 Å². The van der Waals surface area contributed by atoms with E-state index in [4.69, 9.17) is 48.4 Å². The van der Waals surface area contributed by atoms with Crippen molar-refractivity contribution >= 4 is 0 Å². The molecule has 0 aromatic heterocycles. The maximum absolute atomic E-state index is 11.8. The first kappa shape index (κ1) is 36.9. The average Bonchev–Trinajstić information content (AvgIpc) is 3.79. The van der Waals surface area contributed by atoms with Gasteiger partial charge in [-0.3, -0.25) is 0 Å². The largest absolute Gasteiger partial charge is 0.393 e. The second-order valence-corrected chi connectivity index (χ2v) is 18.0. The molecule has 21 unspecified atom stereocenters. The molecule has 0 radical (unpaired) electrons. The molecule has 10 saturated heterocycles. The Morgan fingerprint density at radius 2 is 1.56 bits per heavy atom. The summed E-state index contributed by atoms with van der Waals surface area (Å²) in [5.74, 6) is 0.00808. The molecular weight excluding hydrogens is 670 g/mol. The van der Waals surface area contributed by atoms with Gasteiger partial charge >= 0.3 is 0 Å². The van der Waals surface area contributed by atoms with Crippen LogP contribution in [0.4, 0.5) is 0 Å². The molecule has 52 heavy (non-hydrogen) atoms. The summed E-state index contributed by atoms with van der Waals surface area (Å²) >= 11 is 0. The van der Waals surface area contributed by atoms with Gasteiger partial charge in [-0.2, -0.15) is 0 Å². The number of hydrogen-bond donors (Lipinski definition) is 3. The van der Waals surface area contributed by atoms with Gasteiger partial charge in [-0.1, -0.05) is 20.4 Å². The molecule has 4 N–H and O–H groups in total. The van der Waals surface area contributed by atoms with E-state index in [-0.39, 0.29) is 104 Å². The standard InChI is InChI=1S/C40H63NO11/c1-19-11-24-5-7-28-20(2)12-26(45-28)9-10-40-17-33-36(51-40)37-38(50-33)39(52-40)35-29(49-37)8-6-25(47-35)13-22(42)14-27-31(16-30(46-24)21(19)3)48-32(34(27)44-4)15-23(43)18-41/h19,21-39,42-43H,2,5-18,41H2,1,3-4H3. The topological polar surface area (TPSA) is 150 Å². The lowest BCUT2D eigenvalue weighted by Gasteiger charge is -2.47. The molecule has 12 bridgehead atoms. The molecule has 10 heterocycles. The van der Waals surface area contributed by atoms with Gasteiger partial charge in [0.2, 0.25) is 0 Å². The number of hydrogen-bond acceptors (Lipinski definition) is 12. The average molecular weight is 734 g/mol. The van der Waals surface area contributed by atoms with E-state index in [0.717, 1.165) is 56.9 Å². The van der Waals surface area contributed by atoms with Crippen molar-refractivity contribution in [3.63, 3.8) is 0 Å². The van der Waals surface area contributed by atoms with Crippen LogP contribution in [0.25, 0.3) is 0 Å². The predicted molar refractivity (Wildman–Crippen MR) is 187 cm³/mol. The Kier molecular flexibility index (Phi) is 10.4. The van der Waals surface area contributed by atoms with Crippen LogP contribution in [0.3, 0.4) is 0 Å². The normalized spacial score (nSPS) is 55.2. The van der Waals surface area contributed by atoms with Crippen molar-refractivity contribution < 1.29 is 52.8 Å². The zero-order chi connectivity index (χ0) is 35.9. The lowest BCUT2D eigenvalue weighted by molar-refractivity contribution is -0.294. The molecule has 12 nitrogen and oxygen atoms in total. The quantitative estimate of drug-likeness (QED) is 0.364. The Bertz CT molecular complexity index is 1290. The number of aliphatic hydroxyl groups is 2. The zero-order valence-corrected chi connectivity index (χ0v) is 31.3. The van der Waals surface area contributed by atoms with E-state index in [0.29, 0.717) is 43.9 Å². The van der Waals surface area contributed by atoms with Crippen molar-refractivity contribution in [2.45, 2.75) is 207 Å². The molecule has 10 fully saturated rings. The highest BCUT2D eigenvalue weighted by Crippen LogP contribution is 2.54. The van der Waals surface area contributed by atoms with Gasteiger partial charge in [0.15, 0.2) is 5.79 Å². The summed E-state index contributed by atoms with van der Waals surface area (Å²) in [6.45, 7) is 9.24. The van der Waals surface area contributed by atoms with E-state index >= 15 is 0 Å². The fourth-order valence-electron chi connectivity index (χ4n) is 11.7. The second-order valence-electron chi connectivity index (χ2n) is 18.0. The Labute approximate surface area is 308 Å². The number of methoxy groups -OCH3 is 1. The van der Waals surface area contributed by atoms with Crippen LogP contribution in [-0.2, 0) is 42.6 Å². The maximum atomic E-state index is 11.8. The van der Waals surface area contributed by atoms with Crippen LogP contribution in [-0.4, -0.2) is 133 Å². The number of nitrogens with two attached hydrogens (primary N) is 1. The van der Waals surface area contributed by atoms with E-state index in [1.54, 1.807) is 7.11 Å². The van der Waals surface area contributed by atoms with E-state index in [2.05, 4.69) is 20.4 Å². The third kappa shape index (κ3) is 6.76. The summed E-state index contributed by atoms with van der Waals surface area (Å²) in [6, 6.07) is 0. The summed E-state index contributed by atoms with van der Waals surface area (Å²) in [6.07, 6.45) is 6.29. The molecule has 1 spiro atoms. The van der Waals surface area contributed by atoms with Crippen LogP contribution >= 0.6 is 0 Å².